The first-order chi connectivity index (χ1) is 8.11. The summed E-state index contributed by atoms with van der Waals surface area (Å²) < 4.78 is 19.8. The number of hydrogen-bond donors (Lipinski definition) is 1. The first kappa shape index (κ1) is 11.7. The molecule has 0 radical (unpaired) electrons. The average molecular weight is 256 g/mol. The number of anilines is 1. The third kappa shape index (κ3) is 2.34. The topological polar surface area (TPSA) is 53.1 Å². The number of halogens is 2. The smallest absolute Gasteiger partial charge is 0.165 e. The van der Waals surface area contributed by atoms with E-state index in [4.69, 9.17) is 22.1 Å². The standard InChI is InChI=1S/C11H11ClFN3O/c1-17-10-3-2-7(4-9(10)13)6-16-11(14)8(12)5-15-16/h2-5H,6,14H2,1H3. The lowest BCUT2D eigenvalue weighted by Gasteiger charge is -2.06. The number of nitrogen functional groups attached to an aromatic ring is 1. The van der Waals surface area contributed by atoms with Crippen LogP contribution in [0.25, 0.3) is 0 Å². The summed E-state index contributed by atoms with van der Waals surface area (Å²) in [6.45, 7) is 0.361. The lowest BCUT2D eigenvalue weighted by molar-refractivity contribution is 0.386. The number of rotatable bonds is 3. The van der Waals surface area contributed by atoms with Crippen LogP contribution < -0.4 is 10.5 Å². The van der Waals surface area contributed by atoms with E-state index < -0.39 is 5.82 Å². The monoisotopic (exact) mass is 255 g/mol. The number of benzene rings is 1. The van der Waals surface area contributed by atoms with E-state index in [9.17, 15) is 4.39 Å². The summed E-state index contributed by atoms with van der Waals surface area (Å²) in [5.41, 5.74) is 6.43. The van der Waals surface area contributed by atoms with E-state index in [2.05, 4.69) is 5.10 Å². The van der Waals surface area contributed by atoms with Crippen LogP contribution in [0, 0.1) is 5.82 Å². The summed E-state index contributed by atoms with van der Waals surface area (Å²) in [5, 5.41) is 4.38. The molecule has 2 aromatic rings. The van der Waals surface area contributed by atoms with Crippen molar-refractivity contribution in [1.82, 2.24) is 9.78 Å². The molecule has 2 N–H and O–H groups in total. The summed E-state index contributed by atoms with van der Waals surface area (Å²) in [6.07, 6.45) is 1.46. The normalized spacial score (nSPS) is 10.5. The molecule has 0 saturated heterocycles. The number of nitrogens with zero attached hydrogens (tertiary/aromatic N) is 2. The maximum absolute atomic E-state index is 13.4. The fraction of sp³-hybridized carbons (Fsp3) is 0.182. The Balaban J connectivity index is 2.25. The van der Waals surface area contributed by atoms with Crippen LogP contribution in [0.15, 0.2) is 24.4 Å². The molecule has 17 heavy (non-hydrogen) atoms. The minimum absolute atomic E-state index is 0.209. The average Bonchev–Trinajstić information content (AvgIpc) is 2.61. The van der Waals surface area contributed by atoms with Crippen molar-refractivity contribution in [2.75, 3.05) is 12.8 Å². The van der Waals surface area contributed by atoms with Crippen molar-refractivity contribution in [2.24, 2.45) is 0 Å². The van der Waals surface area contributed by atoms with Gasteiger partial charge in [0.2, 0.25) is 0 Å². The highest BCUT2D eigenvalue weighted by atomic mass is 35.5. The van der Waals surface area contributed by atoms with Crippen molar-refractivity contribution >= 4 is 17.4 Å². The van der Waals surface area contributed by atoms with Crippen LogP contribution >= 0.6 is 11.6 Å². The van der Waals surface area contributed by atoms with Crippen molar-refractivity contribution in [3.05, 3.63) is 40.8 Å². The Kier molecular flexibility index (Phi) is 3.19. The Labute approximate surface area is 103 Å². The second-order valence-corrected chi connectivity index (χ2v) is 3.91. The van der Waals surface area contributed by atoms with Gasteiger partial charge in [-0.05, 0) is 17.7 Å². The molecule has 0 unspecified atom stereocenters. The third-order valence-corrected chi connectivity index (χ3v) is 2.67. The first-order valence-corrected chi connectivity index (χ1v) is 5.29. The number of ether oxygens (including phenoxy) is 1. The van der Waals surface area contributed by atoms with Gasteiger partial charge in [0, 0.05) is 0 Å². The van der Waals surface area contributed by atoms with Crippen LogP contribution in [0.2, 0.25) is 5.02 Å². The molecular weight excluding hydrogens is 245 g/mol. The quantitative estimate of drug-likeness (QED) is 0.916. The highest BCUT2D eigenvalue weighted by Gasteiger charge is 2.08. The fourth-order valence-electron chi connectivity index (χ4n) is 1.48. The van der Waals surface area contributed by atoms with Crippen molar-refractivity contribution < 1.29 is 9.13 Å². The van der Waals surface area contributed by atoms with E-state index >= 15 is 0 Å². The zero-order chi connectivity index (χ0) is 12.4. The molecule has 90 valence electrons. The Morgan fingerprint density at radius 1 is 1.53 bits per heavy atom. The van der Waals surface area contributed by atoms with Crippen molar-refractivity contribution in [3.8, 4) is 5.75 Å². The van der Waals surface area contributed by atoms with Gasteiger partial charge in [-0.3, -0.25) is 0 Å². The van der Waals surface area contributed by atoms with Crippen LogP contribution in [0.4, 0.5) is 10.2 Å². The third-order valence-electron chi connectivity index (χ3n) is 2.38. The van der Waals surface area contributed by atoms with Gasteiger partial charge in [-0.25, -0.2) is 9.07 Å². The molecule has 0 aliphatic carbocycles. The Bertz CT molecular complexity index is 542. The number of methoxy groups -OCH3 is 1. The molecule has 1 aromatic heterocycles. The van der Waals surface area contributed by atoms with Gasteiger partial charge in [-0.15, -0.1) is 0 Å². The van der Waals surface area contributed by atoms with E-state index in [1.165, 1.54) is 24.1 Å². The van der Waals surface area contributed by atoms with Gasteiger partial charge in [0.05, 0.1) is 19.9 Å². The van der Waals surface area contributed by atoms with Crippen LogP contribution in [-0.4, -0.2) is 16.9 Å². The van der Waals surface area contributed by atoms with Gasteiger partial charge in [-0.1, -0.05) is 17.7 Å². The maximum Gasteiger partial charge on any atom is 0.165 e. The van der Waals surface area contributed by atoms with E-state index in [1.54, 1.807) is 12.1 Å². The molecule has 0 spiro atoms. The second-order valence-electron chi connectivity index (χ2n) is 3.50. The van der Waals surface area contributed by atoms with Gasteiger partial charge in [0.15, 0.2) is 11.6 Å². The minimum atomic E-state index is -0.415. The lowest BCUT2D eigenvalue weighted by Crippen LogP contribution is -2.06. The lowest BCUT2D eigenvalue weighted by atomic mass is 10.2. The van der Waals surface area contributed by atoms with E-state index in [1.807, 2.05) is 0 Å². The molecule has 0 saturated carbocycles. The fourth-order valence-corrected chi connectivity index (χ4v) is 1.62. The first-order valence-electron chi connectivity index (χ1n) is 4.91. The Hall–Kier alpha value is -1.75. The molecule has 6 heteroatoms. The molecule has 2 rings (SSSR count). The number of aromatic nitrogens is 2. The number of nitrogens with two attached hydrogens (primary N) is 1. The van der Waals surface area contributed by atoms with Gasteiger partial charge in [0.25, 0.3) is 0 Å². The van der Waals surface area contributed by atoms with Crippen molar-refractivity contribution in [2.45, 2.75) is 6.54 Å². The van der Waals surface area contributed by atoms with E-state index in [0.717, 1.165) is 5.56 Å². The minimum Gasteiger partial charge on any atom is -0.494 e. The van der Waals surface area contributed by atoms with Gasteiger partial charge in [0.1, 0.15) is 10.8 Å². The van der Waals surface area contributed by atoms with Crippen molar-refractivity contribution in [1.29, 1.82) is 0 Å². The molecular formula is C11H11ClFN3O. The molecule has 4 nitrogen and oxygen atoms in total. The van der Waals surface area contributed by atoms with Crippen LogP contribution in [-0.2, 0) is 6.54 Å². The Morgan fingerprint density at radius 3 is 2.82 bits per heavy atom. The predicted molar refractivity (Wildman–Crippen MR) is 63.7 cm³/mol. The summed E-state index contributed by atoms with van der Waals surface area (Å²) >= 11 is 5.77. The predicted octanol–water partition coefficient (Wildman–Crippen LogP) is 2.31. The molecule has 0 amide bonds. The molecule has 1 heterocycles. The van der Waals surface area contributed by atoms with Gasteiger partial charge >= 0.3 is 0 Å². The van der Waals surface area contributed by atoms with E-state index in [0.29, 0.717) is 17.4 Å². The van der Waals surface area contributed by atoms with Crippen LogP contribution in [0.3, 0.4) is 0 Å². The summed E-state index contributed by atoms with van der Waals surface area (Å²) in [6, 6.07) is 4.69. The van der Waals surface area contributed by atoms with E-state index in [-0.39, 0.29) is 5.75 Å². The molecule has 0 aliphatic rings. The second kappa shape index (κ2) is 4.63. The summed E-state index contributed by atoms with van der Waals surface area (Å²) in [4.78, 5) is 0. The molecule has 1 aromatic carbocycles. The zero-order valence-corrected chi connectivity index (χ0v) is 9.91. The zero-order valence-electron chi connectivity index (χ0n) is 9.15. The molecule has 0 bridgehead atoms. The maximum atomic E-state index is 13.4. The van der Waals surface area contributed by atoms with Crippen molar-refractivity contribution in [3.63, 3.8) is 0 Å². The van der Waals surface area contributed by atoms with Gasteiger partial charge < -0.3 is 10.5 Å². The Morgan fingerprint density at radius 2 is 2.29 bits per heavy atom. The molecule has 0 fully saturated rings. The van der Waals surface area contributed by atoms with Gasteiger partial charge in [-0.2, -0.15) is 5.10 Å². The van der Waals surface area contributed by atoms with Crippen LogP contribution in [0.1, 0.15) is 5.56 Å². The largest absolute Gasteiger partial charge is 0.494 e. The highest BCUT2D eigenvalue weighted by Crippen LogP contribution is 2.21. The highest BCUT2D eigenvalue weighted by molar-refractivity contribution is 6.32. The molecule has 0 atom stereocenters. The summed E-state index contributed by atoms with van der Waals surface area (Å²) in [7, 11) is 1.42. The number of hydrogen-bond acceptors (Lipinski definition) is 3. The SMILES string of the molecule is COc1ccc(Cn2ncc(Cl)c2N)cc1F. The summed E-state index contributed by atoms with van der Waals surface area (Å²) in [5.74, 6) is 0.157. The molecule has 0 aliphatic heterocycles. The van der Waals surface area contributed by atoms with Crippen LogP contribution in [0.5, 0.6) is 5.75 Å².